The Balaban J connectivity index is 1.95. The van der Waals surface area contributed by atoms with E-state index in [1.807, 2.05) is 22.4 Å². The zero-order valence-electron chi connectivity index (χ0n) is 16.9. The SMILES string of the molecule is COCCN(Cc1csc(COc2ccc(C)c(C)c2)n1)C(=O)CC(C)C. The summed E-state index contributed by atoms with van der Waals surface area (Å²) in [4.78, 5) is 18.9. The van der Waals surface area contributed by atoms with E-state index in [0.29, 0.717) is 38.6 Å². The summed E-state index contributed by atoms with van der Waals surface area (Å²) in [6.07, 6.45) is 0.538. The first-order chi connectivity index (χ1) is 12.9. The van der Waals surface area contributed by atoms with Crippen molar-refractivity contribution in [1.29, 1.82) is 0 Å². The minimum absolute atomic E-state index is 0.142. The van der Waals surface area contributed by atoms with Gasteiger partial charge in [-0.3, -0.25) is 4.79 Å². The van der Waals surface area contributed by atoms with Crippen molar-refractivity contribution in [1.82, 2.24) is 9.88 Å². The van der Waals surface area contributed by atoms with Gasteiger partial charge in [-0.25, -0.2) is 4.98 Å². The van der Waals surface area contributed by atoms with Crippen molar-refractivity contribution >= 4 is 17.2 Å². The number of hydrogen-bond donors (Lipinski definition) is 0. The maximum atomic E-state index is 12.5. The molecule has 2 rings (SSSR count). The molecule has 27 heavy (non-hydrogen) atoms. The monoisotopic (exact) mass is 390 g/mol. The lowest BCUT2D eigenvalue weighted by molar-refractivity contribution is -0.133. The van der Waals surface area contributed by atoms with Gasteiger partial charge < -0.3 is 14.4 Å². The van der Waals surface area contributed by atoms with Gasteiger partial charge >= 0.3 is 0 Å². The van der Waals surface area contributed by atoms with Crippen LogP contribution in [0.15, 0.2) is 23.6 Å². The number of thiazole rings is 1. The minimum Gasteiger partial charge on any atom is -0.486 e. The van der Waals surface area contributed by atoms with Crippen LogP contribution >= 0.6 is 11.3 Å². The maximum absolute atomic E-state index is 12.5. The Morgan fingerprint density at radius 3 is 2.70 bits per heavy atom. The fourth-order valence-corrected chi connectivity index (χ4v) is 3.30. The number of rotatable bonds is 10. The number of hydrogen-bond acceptors (Lipinski definition) is 5. The van der Waals surface area contributed by atoms with E-state index in [-0.39, 0.29) is 5.91 Å². The van der Waals surface area contributed by atoms with Crippen LogP contribution < -0.4 is 4.74 Å². The van der Waals surface area contributed by atoms with Gasteiger partial charge in [0.2, 0.25) is 5.91 Å². The molecule has 0 radical (unpaired) electrons. The molecule has 0 atom stereocenters. The van der Waals surface area contributed by atoms with Crippen LogP contribution in [0, 0.1) is 19.8 Å². The summed E-state index contributed by atoms with van der Waals surface area (Å²) in [7, 11) is 1.65. The maximum Gasteiger partial charge on any atom is 0.223 e. The number of amides is 1. The predicted molar refractivity (Wildman–Crippen MR) is 109 cm³/mol. The lowest BCUT2D eigenvalue weighted by Gasteiger charge is -2.22. The van der Waals surface area contributed by atoms with Crippen molar-refractivity contribution < 1.29 is 14.3 Å². The first-order valence-electron chi connectivity index (χ1n) is 9.29. The van der Waals surface area contributed by atoms with Gasteiger partial charge in [-0.05, 0) is 43.0 Å². The highest BCUT2D eigenvalue weighted by Crippen LogP contribution is 2.19. The van der Waals surface area contributed by atoms with Gasteiger partial charge in [-0.15, -0.1) is 11.3 Å². The summed E-state index contributed by atoms with van der Waals surface area (Å²) in [6.45, 7) is 10.3. The van der Waals surface area contributed by atoms with Crippen molar-refractivity contribution in [3.63, 3.8) is 0 Å². The smallest absolute Gasteiger partial charge is 0.223 e. The van der Waals surface area contributed by atoms with Crippen LogP contribution in [0.2, 0.25) is 0 Å². The van der Waals surface area contributed by atoms with Crippen molar-refractivity contribution in [2.45, 2.75) is 47.3 Å². The highest BCUT2D eigenvalue weighted by molar-refractivity contribution is 7.09. The number of methoxy groups -OCH3 is 1. The molecule has 5 nitrogen and oxygen atoms in total. The predicted octanol–water partition coefficient (Wildman–Crippen LogP) is 4.36. The normalized spacial score (nSPS) is 11.0. The Bertz CT molecular complexity index is 743. The highest BCUT2D eigenvalue weighted by atomic mass is 32.1. The lowest BCUT2D eigenvalue weighted by Crippen LogP contribution is -2.34. The number of carbonyl (C=O) groups is 1. The van der Waals surface area contributed by atoms with E-state index in [9.17, 15) is 4.79 Å². The van der Waals surface area contributed by atoms with Crippen molar-refractivity contribution in [3.05, 3.63) is 45.4 Å². The molecule has 0 unspecified atom stereocenters. The Labute approximate surface area is 166 Å². The molecular weight excluding hydrogens is 360 g/mol. The average molecular weight is 391 g/mol. The van der Waals surface area contributed by atoms with Crippen molar-refractivity contribution in [2.24, 2.45) is 5.92 Å². The fourth-order valence-electron chi connectivity index (χ4n) is 2.60. The molecule has 6 heteroatoms. The fraction of sp³-hybridized carbons (Fsp3) is 0.524. The highest BCUT2D eigenvalue weighted by Gasteiger charge is 2.16. The molecule has 0 saturated carbocycles. The molecule has 0 bridgehead atoms. The largest absolute Gasteiger partial charge is 0.486 e. The van der Waals surface area contributed by atoms with E-state index in [1.165, 1.54) is 11.1 Å². The second-order valence-electron chi connectivity index (χ2n) is 7.17. The number of nitrogens with zero attached hydrogens (tertiary/aromatic N) is 2. The molecule has 0 fully saturated rings. The number of aromatic nitrogens is 1. The van der Waals surface area contributed by atoms with E-state index in [0.717, 1.165) is 16.5 Å². The summed E-state index contributed by atoms with van der Waals surface area (Å²) >= 11 is 1.56. The average Bonchev–Trinajstić information content (AvgIpc) is 3.06. The van der Waals surface area contributed by atoms with Crippen LogP contribution in [-0.4, -0.2) is 36.1 Å². The summed E-state index contributed by atoms with van der Waals surface area (Å²) in [5.74, 6) is 1.33. The van der Waals surface area contributed by atoms with Gasteiger partial charge in [0.1, 0.15) is 17.4 Å². The molecule has 0 saturated heterocycles. The second-order valence-corrected chi connectivity index (χ2v) is 8.12. The molecule has 1 amide bonds. The van der Waals surface area contributed by atoms with E-state index < -0.39 is 0 Å². The van der Waals surface area contributed by atoms with Gasteiger partial charge in [0.15, 0.2) is 0 Å². The van der Waals surface area contributed by atoms with E-state index in [1.54, 1.807) is 18.4 Å². The lowest BCUT2D eigenvalue weighted by atomic mass is 10.1. The third kappa shape index (κ3) is 6.96. The molecular formula is C21H30N2O3S. The second kappa shape index (κ2) is 10.4. The van der Waals surface area contributed by atoms with Gasteiger partial charge in [0.05, 0.1) is 18.8 Å². The zero-order chi connectivity index (χ0) is 19.8. The van der Waals surface area contributed by atoms with Crippen LogP contribution in [-0.2, 0) is 22.7 Å². The third-order valence-electron chi connectivity index (χ3n) is 4.29. The van der Waals surface area contributed by atoms with Crippen molar-refractivity contribution in [3.8, 4) is 5.75 Å². The Hall–Kier alpha value is -1.92. The first-order valence-corrected chi connectivity index (χ1v) is 10.2. The Morgan fingerprint density at radius 2 is 2.04 bits per heavy atom. The van der Waals surface area contributed by atoms with Crippen LogP contribution in [0.25, 0.3) is 0 Å². The van der Waals surface area contributed by atoms with Crippen LogP contribution in [0.5, 0.6) is 5.75 Å². The van der Waals surface area contributed by atoms with E-state index >= 15 is 0 Å². The van der Waals surface area contributed by atoms with Gasteiger partial charge in [0, 0.05) is 25.5 Å². The molecule has 0 aliphatic rings. The molecule has 0 N–H and O–H groups in total. The van der Waals surface area contributed by atoms with Crippen LogP contribution in [0.1, 0.15) is 42.1 Å². The van der Waals surface area contributed by atoms with E-state index in [4.69, 9.17) is 9.47 Å². The van der Waals surface area contributed by atoms with Crippen LogP contribution in [0.3, 0.4) is 0 Å². The quantitative estimate of drug-likeness (QED) is 0.605. The molecule has 2 aromatic rings. The third-order valence-corrected chi connectivity index (χ3v) is 5.16. The summed E-state index contributed by atoms with van der Waals surface area (Å²) in [5.41, 5.74) is 3.36. The molecule has 148 valence electrons. The molecule has 0 aliphatic carbocycles. The van der Waals surface area contributed by atoms with Crippen LogP contribution in [0.4, 0.5) is 0 Å². The standard InChI is InChI=1S/C21H30N2O3S/c1-15(2)10-21(24)23(8-9-25-5)12-18-14-27-20(22-18)13-26-19-7-6-16(3)17(4)11-19/h6-7,11,14-15H,8-10,12-13H2,1-5H3. The van der Waals surface area contributed by atoms with Gasteiger partial charge in [-0.1, -0.05) is 19.9 Å². The zero-order valence-corrected chi connectivity index (χ0v) is 17.8. The number of carbonyl (C=O) groups excluding carboxylic acids is 1. The van der Waals surface area contributed by atoms with Crippen molar-refractivity contribution in [2.75, 3.05) is 20.3 Å². The molecule has 0 spiro atoms. The molecule has 1 aromatic heterocycles. The topological polar surface area (TPSA) is 51.7 Å². The van der Waals surface area contributed by atoms with E-state index in [2.05, 4.69) is 38.7 Å². The Morgan fingerprint density at radius 1 is 1.26 bits per heavy atom. The molecule has 1 aromatic carbocycles. The minimum atomic E-state index is 0.142. The number of benzene rings is 1. The van der Waals surface area contributed by atoms with Gasteiger partial charge in [-0.2, -0.15) is 0 Å². The summed E-state index contributed by atoms with van der Waals surface area (Å²) < 4.78 is 11.0. The molecule has 0 aliphatic heterocycles. The van der Waals surface area contributed by atoms with Gasteiger partial charge in [0.25, 0.3) is 0 Å². The molecule has 1 heterocycles. The number of aryl methyl sites for hydroxylation is 2. The Kier molecular flexibility index (Phi) is 8.25. The number of ether oxygens (including phenoxy) is 2. The summed E-state index contributed by atoms with van der Waals surface area (Å²) in [5, 5.41) is 2.91. The first kappa shape index (κ1) is 21.4. The summed E-state index contributed by atoms with van der Waals surface area (Å²) in [6, 6.07) is 6.08.